The highest BCUT2D eigenvalue weighted by Crippen LogP contribution is 2.31. The molecule has 0 aliphatic heterocycles. The van der Waals surface area contributed by atoms with Crippen LogP contribution in [0.1, 0.15) is 36.0 Å². The van der Waals surface area contributed by atoms with Crippen LogP contribution in [0.15, 0.2) is 22.7 Å². The maximum absolute atomic E-state index is 12.1. The van der Waals surface area contributed by atoms with Crippen LogP contribution in [0.4, 0.5) is 0 Å². The minimum absolute atomic E-state index is 0.0639. The summed E-state index contributed by atoms with van der Waals surface area (Å²) >= 11 is 9.17. The number of amides is 1. The van der Waals surface area contributed by atoms with Crippen molar-refractivity contribution in [1.29, 1.82) is 0 Å². The van der Waals surface area contributed by atoms with Crippen molar-refractivity contribution in [3.63, 3.8) is 0 Å². The van der Waals surface area contributed by atoms with Gasteiger partial charge in [-0.2, -0.15) is 0 Å². The minimum Gasteiger partial charge on any atom is -0.507 e. The van der Waals surface area contributed by atoms with Crippen molar-refractivity contribution in [1.82, 2.24) is 5.32 Å². The number of nitrogens with one attached hydrogen (secondary N) is 1. The summed E-state index contributed by atoms with van der Waals surface area (Å²) in [6, 6.07) is 4.79. The van der Waals surface area contributed by atoms with E-state index in [0.717, 1.165) is 25.7 Å². The Hall–Kier alpha value is -0.740. The number of rotatable bonds is 3. The highest BCUT2D eigenvalue weighted by atomic mass is 79.9. The Morgan fingerprint density at radius 2 is 2.11 bits per heavy atom. The molecule has 1 saturated carbocycles. The van der Waals surface area contributed by atoms with Gasteiger partial charge in [-0.15, -0.1) is 11.6 Å². The summed E-state index contributed by atoms with van der Waals surface area (Å²) in [7, 11) is 0. The summed E-state index contributed by atoms with van der Waals surface area (Å²) in [6.45, 7) is 0. The molecule has 0 heterocycles. The van der Waals surface area contributed by atoms with Gasteiger partial charge in [0.05, 0.1) is 10.0 Å². The molecule has 0 radical (unpaired) electrons. The van der Waals surface area contributed by atoms with Gasteiger partial charge < -0.3 is 10.4 Å². The van der Waals surface area contributed by atoms with Crippen molar-refractivity contribution in [3.8, 4) is 5.75 Å². The van der Waals surface area contributed by atoms with Gasteiger partial charge in [0.1, 0.15) is 5.75 Å². The van der Waals surface area contributed by atoms with E-state index < -0.39 is 0 Å². The molecule has 1 amide bonds. The average molecular weight is 333 g/mol. The van der Waals surface area contributed by atoms with Crippen LogP contribution in [-0.4, -0.2) is 22.4 Å². The molecule has 0 aromatic heterocycles. The zero-order chi connectivity index (χ0) is 13.2. The van der Waals surface area contributed by atoms with Crippen LogP contribution in [0.2, 0.25) is 0 Å². The van der Waals surface area contributed by atoms with Crippen LogP contribution in [0, 0.1) is 0 Å². The highest BCUT2D eigenvalue weighted by Gasteiger charge is 2.34. The van der Waals surface area contributed by atoms with Crippen molar-refractivity contribution in [2.45, 2.75) is 31.2 Å². The normalized spacial score (nSPS) is 17.7. The van der Waals surface area contributed by atoms with E-state index in [1.807, 2.05) is 0 Å². The van der Waals surface area contributed by atoms with Gasteiger partial charge in [-0.25, -0.2) is 0 Å². The fraction of sp³-hybridized carbons (Fsp3) is 0.462. The van der Waals surface area contributed by atoms with Gasteiger partial charge in [0.25, 0.3) is 5.91 Å². The summed E-state index contributed by atoms with van der Waals surface area (Å²) in [6.07, 6.45) is 4.03. The molecule has 0 unspecified atom stereocenters. The largest absolute Gasteiger partial charge is 0.507 e. The third kappa shape index (κ3) is 2.81. The molecule has 3 nitrogen and oxygen atoms in total. The number of phenolic OH excluding ortho intramolecular Hbond substituents is 1. The molecular weight excluding hydrogens is 318 g/mol. The smallest absolute Gasteiger partial charge is 0.251 e. The van der Waals surface area contributed by atoms with E-state index in [4.69, 9.17) is 11.6 Å². The molecule has 1 aliphatic carbocycles. The number of phenols is 1. The lowest BCUT2D eigenvalue weighted by Gasteiger charge is -2.27. The second-order valence-electron chi connectivity index (χ2n) is 4.74. The molecule has 0 atom stereocenters. The average Bonchev–Trinajstić information content (AvgIpc) is 2.82. The van der Waals surface area contributed by atoms with E-state index in [2.05, 4.69) is 21.2 Å². The number of halogens is 2. The molecule has 1 fully saturated rings. The Balaban J connectivity index is 2.13. The second kappa shape index (κ2) is 5.49. The lowest BCUT2D eigenvalue weighted by molar-refractivity contribution is 0.0909. The predicted molar refractivity (Wildman–Crippen MR) is 75.2 cm³/mol. The number of hydrogen-bond donors (Lipinski definition) is 2. The first-order valence-corrected chi connectivity index (χ1v) is 7.26. The number of aromatic hydroxyl groups is 1. The topological polar surface area (TPSA) is 49.3 Å². The maximum Gasteiger partial charge on any atom is 0.251 e. The van der Waals surface area contributed by atoms with Gasteiger partial charge in [0.2, 0.25) is 0 Å². The summed E-state index contributed by atoms with van der Waals surface area (Å²) in [4.78, 5) is 12.1. The van der Waals surface area contributed by atoms with Crippen molar-refractivity contribution >= 4 is 33.4 Å². The van der Waals surface area contributed by atoms with Gasteiger partial charge in [-0.3, -0.25) is 4.79 Å². The van der Waals surface area contributed by atoms with Crippen molar-refractivity contribution in [2.75, 3.05) is 5.88 Å². The monoisotopic (exact) mass is 331 g/mol. The third-order valence-corrected chi connectivity index (χ3v) is 4.59. The quantitative estimate of drug-likeness (QED) is 0.833. The van der Waals surface area contributed by atoms with E-state index in [0.29, 0.717) is 15.9 Å². The fourth-order valence-electron chi connectivity index (χ4n) is 2.31. The SMILES string of the molecule is O=C(NC1(CCl)CCCC1)c1ccc(Br)c(O)c1. The van der Waals surface area contributed by atoms with Gasteiger partial charge in [0.15, 0.2) is 0 Å². The molecule has 18 heavy (non-hydrogen) atoms. The first-order valence-electron chi connectivity index (χ1n) is 5.93. The standard InChI is InChI=1S/C13H15BrClNO2/c14-10-4-3-9(7-11(10)17)12(18)16-13(8-15)5-1-2-6-13/h3-4,7,17H,1-2,5-6,8H2,(H,16,18). The minimum atomic E-state index is -0.276. The Labute approximate surface area is 120 Å². The van der Waals surface area contributed by atoms with Gasteiger partial charge >= 0.3 is 0 Å². The van der Waals surface area contributed by atoms with Gasteiger partial charge in [-0.1, -0.05) is 12.8 Å². The number of benzene rings is 1. The lowest BCUT2D eigenvalue weighted by Crippen LogP contribution is -2.47. The molecule has 5 heteroatoms. The Kier molecular flexibility index (Phi) is 4.17. The van der Waals surface area contributed by atoms with Crippen molar-refractivity contribution in [2.24, 2.45) is 0 Å². The molecule has 1 aromatic rings. The zero-order valence-corrected chi connectivity index (χ0v) is 12.2. The Morgan fingerprint density at radius 1 is 1.44 bits per heavy atom. The number of alkyl halides is 1. The summed E-state index contributed by atoms with van der Waals surface area (Å²) in [5.74, 6) is 0.315. The molecule has 0 spiro atoms. The molecular formula is C13H15BrClNO2. The molecule has 1 aromatic carbocycles. The van der Waals surface area contributed by atoms with Crippen LogP contribution < -0.4 is 5.32 Å². The number of carbonyl (C=O) groups is 1. The molecule has 2 N–H and O–H groups in total. The third-order valence-electron chi connectivity index (χ3n) is 3.40. The Bertz CT molecular complexity index is 458. The van der Waals surface area contributed by atoms with E-state index in [1.165, 1.54) is 6.07 Å². The number of hydrogen-bond acceptors (Lipinski definition) is 2. The van der Waals surface area contributed by atoms with E-state index in [9.17, 15) is 9.90 Å². The van der Waals surface area contributed by atoms with Crippen molar-refractivity contribution < 1.29 is 9.90 Å². The van der Waals surface area contributed by atoms with Crippen LogP contribution in [0.5, 0.6) is 5.75 Å². The molecule has 0 saturated heterocycles. The van der Waals surface area contributed by atoms with Crippen LogP contribution in [0.3, 0.4) is 0 Å². The first-order chi connectivity index (χ1) is 8.56. The van der Waals surface area contributed by atoms with E-state index >= 15 is 0 Å². The maximum atomic E-state index is 12.1. The van der Waals surface area contributed by atoms with E-state index in [-0.39, 0.29) is 17.2 Å². The summed E-state index contributed by atoms with van der Waals surface area (Å²) in [5, 5.41) is 12.6. The molecule has 2 rings (SSSR count). The predicted octanol–water partition coefficient (Wildman–Crippen LogP) is 3.44. The fourth-order valence-corrected chi connectivity index (χ4v) is 2.89. The zero-order valence-electron chi connectivity index (χ0n) is 9.88. The summed E-state index contributed by atoms with van der Waals surface area (Å²) < 4.78 is 0.576. The molecule has 1 aliphatic rings. The summed E-state index contributed by atoms with van der Waals surface area (Å²) in [5.41, 5.74) is 0.175. The van der Waals surface area contributed by atoms with Crippen LogP contribution in [0.25, 0.3) is 0 Å². The first kappa shape index (κ1) is 13.7. The number of carbonyl (C=O) groups excluding carboxylic acids is 1. The highest BCUT2D eigenvalue weighted by molar-refractivity contribution is 9.10. The van der Waals surface area contributed by atoms with Gasteiger partial charge in [-0.05, 0) is 47.0 Å². The molecule has 0 bridgehead atoms. The van der Waals surface area contributed by atoms with E-state index in [1.54, 1.807) is 12.1 Å². The van der Waals surface area contributed by atoms with Crippen molar-refractivity contribution in [3.05, 3.63) is 28.2 Å². The van der Waals surface area contributed by atoms with Crippen LogP contribution in [-0.2, 0) is 0 Å². The van der Waals surface area contributed by atoms with Gasteiger partial charge in [0, 0.05) is 11.4 Å². The second-order valence-corrected chi connectivity index (χ2v) is 5.86. The van der Waals surface area contributed by atoms with Crippen LogP contribution >= 0.6 is 27.5 Å². The lowest BCUT2D eigenvalue weighted by atomic mass is 9.99. The Morgan fingerprint density at radius 3 is 2.67 bits per heavy atom. The molecule has 98 valence electrons.